The van der Waals surface area contributed by atoms with E-state index in [1.165, 1.54) is 81.0 Å². The Kier molecular flexibility index (Phi) is 14.5. The van der Waals surface area contributed by atoms with Gasteiger partial charge < -0.3 is 14.7 Å². The lowest BCUT2D eigenvalue weighted by atomic mass is 9.36. The van der Waals surface area contributed by atoms with Crippen molar-refractivity contribution in [1.29, 1.82) is 0 Å². The highest BCUT2D eigenvalue weighted by molar-refractivity contribution is 7.33. The van der Waals surface area contributed by atoms with Crippen molar-refractivity contribution in [3.05, 3.63) is 229 Å². The summed E-state index contributed by atoms with van der Waals surface area (Å²) in [4.78, 5) is 18.1. The average Bonchev–Trinajstić information content (AvgIpc) is 1.14. The van der Waals surface area contributed by atoms with Crippen molar-refractivity contribution in [2.24, 2.45) is 0 Å². The molecule has 442 valence electrons. The van der Waals surface area contributed by atoms with Crippen LogP contribution in [-0.4, -0.2) is 24.8 Å². The van der Waals surface area contributed by atoms with Gasteiger partial charge in [-0.2, -0.15) is 0 Å². The van der Waals surface area contributed by atoms with E-state index in [0.717, 1.165) is 50.7 Å². The van der Waals surface area contributed by atoms with Crippen LogP contribution in [0, 0.1) is 0 Å². The molecular formula is C80H84BN5SSi. The Bertz CT molecular complexity index is 4430. The van der Waals surface area contributed by atoms with Gasteiger partial charge in [-0.15, -0.1) is 11.3 Å². The Labute approximate surface area is 529 Å². The maximum atomic E-state index is 5.28. The van der Waals surface area contributed by atoms with Gasteiger partial charge in [0.05, 0.1) is 22.6 Å². The van der Waals surface area contributed by atoms with Crippen LogP contribution in [0.5, 0.6) is 0 Å². The highest BCUT2D eigenvalue weighted by Gasteiger charge is 2.50. The first kappa shape index (κ1) is 59.0. The molecule has 0 saturated heterocycles. The molecule has 9 aromatic carbocycles. The van der Waals surface area contributed by atoms with Crippen LogP contribution in [0.2, 0.25) is 11.1 Å². The topological polar surface area (TPSA) is 35.5 Å². The molecule has 2 aromatic heterocycles. The fourth-order valence-electron chi connectivity index (χ4n) is 14.6. The van der Waals surface area contributed by atoms with Gasteiger partial charge in [0.15, 0.2) is 0 Å². The Balaban J connectivity index is 1.19. The minimum Gasteiger partial charge on any atom is -0.310 e. The number of anilines is 9. The third-order valence-electron chi connectivity index (χ3n) is 19.2. The summed E-state index contributed by atoms with van der Waals surface area (Å²) in [5.41, 5.74) is 22.8. The van der Waals surface area contributed by atoms with Crippen molar-refractivity contribution in [2.75, 3.05) is 14.7 Å². The van der Waals surface area contributed by atoms with Gasteiger partial charge in [0.1, 0.15) is 13.6 Å². The van der Waals surface area contributed by atoms with Gasteiger partial charge in [-0.1, -0.05) is 231 Å². The number of rotatable bonds is 10. The summed E-state index contributed by atoms with van der Waals surface area (Å²) in [5, 5.41) is 4.19. The maximum Gasteiger partial charge on any atom is 0.264 e. The lowest BCUT2D eigenvalue weighted by molar-refractivity contribution is 0.590. The number of para-hydroxylation sites is 2. The number of thiophene rings is 1. The first-order valence-corrected chi connectivity index (χ1v) is 34.8. The number of fused-ring (bicyclic) bond motifs is 7. The molecule has 2 aliphatic heterocycles. The molecule has 0 radical (unpaired) electrons. The molecular weight excluding hydrogens is 1100 g/mol. The molecule has 0 aliphatic carbocycles. The van der Waals surface area contributed by atoms with E-state index < -0.39 is 8.07 Å². The lowest BCUT2D eigenvalue weighted by Crippen LogP contribution is -2.65. The highest BCUT2D eigenvalue weighted by atomic mass is 32.1. The van der Waals surface area contributed by atoms with E-state index in [-0.39, 0.29) is 28.4 Å². The van der Waals surface area contributed by atoms with Crippen molar-refractivity contribution >= 4 is 125 Å². The second-order valence-corrected chi connectivity index (χ2v) is 35.9. The molecule has 13 rings (SSSR count). The van der Waals surface area contributed by atoms with Gasteiger partial charge in [-0.25, -0.2) is 0 Å². The summed E-state index contributed by atoms with van der Waals surface area (Å²) in [6.07, 6.45) is 3.69. The second-order valence-electron chi connectivity index (χ2n) is 29.6. The smallest absolute Gasteiger partial charge is 0.264 e. The molecule has 0 amide bonds. The molecule has 0 saturated carbocycles. The maximum absolute atomic E-state index is 5.28. The van der Waals surface area contributed by atoms with E-state index in [1.807, 2.05) is 23.7 Å². The summed E-state index contributed by atoms with van der Waals surface area (Å²) < 4.78 is 2.65. The summed E-state index contributed by atoms with van der Waals surface area (Å²) >= 11 is 1.97. The van der Waals surface area contributed by atoms with Gasteiger partial charge in [0.25, 0.3) is 6.71 Å². The van der Waals surface area contributed by atoms with E-state index in [0.29, 0.717) is 11.1 Å². The quantitative estimate of drug-likeness (QED) is 0.128. The summed E-state index contributed by atoms with van der Waals surface area (Å²) in [6.45, 7) is 37.8. The summed E-state index contributed by atoms with van der Waals surface area (Å²) in [6, 6.07) is 75.1. The molecule has 11 aromatic rings. The minimum atomic E-state index is -2.75. The van der Waals surface area contributed by atoms with Crippen LogP contribution >= 0.6 is 11.3 Å². The Hall–Kier alpha value is -8.04. The summed E-state index contributed by atoms with van der Waals surface area (Å²) in [7, 11) is -2.75. The largest absolute Gasteiger partial charge is 0.310 e. The molecule has 5 nitrogen and oxygen atoms in total. The molecule has 0 unspecified atom stereocenters. The van der Waals surface area contributed by atoms with E-state index in [9.17, 15) is 0 Å². The molecule has 0 N–H and O–H groups in total. The predicted octanol–water partition coefficient (Wildman–Crippen LogP) is 19.6. The Morgan fingerprint density at radius 1 is 0.466 bits per heavy atom. The number of aromatic nitrogens is 2. The van der Waals surface area contributed by atoms with E-state index in [2.05, 4.69) is 320 Å². The second kappa shape index (κ2) is 21.6. The van der Waals surface area contributed by atoms with Crippen LogP contribution in [0.25, 0.3) is 32.2 Å². The van der Waals surface area contributed by atoms with Gasteiger partial charge in [-0.05, 0) is 156 Å². The predicted molar refractivity (Wildman–Crippen MR) is 386 cm³/mol. The molecule has 2 aliphatic rings. The van der Waals surface area contributed by atoms with Crippen molar-refractivity contribution in [1.82, 2.24) is 9.97 Å². The Morgan fingerprint density at radius 3 is 1.65 bits per heavy atom. The van der Waals surface area contributed by atoms with Crippen LogP contribution in [0.1, 0.15) is 133 Å². The fraction of sp³-hybridized carbons (Fsp3) is 0.275. The Morgan fingerprint density at radius 2 is 1.02 bits per heavy atom. The van der Waals surface area contributed by atoms with E-state index in [1.54, 1.807) is 0 Å². The first-order chi connectivity index (χ1) is 41.8. The standard InChI is InChI=1S/C80H84BN5SSi/c1-51(2)88(52(3)4,61-41-33-56(34-42-61)79(11,12)13)62-49-70-73-71(50-62)86(68-28-22-26-66-74(68)83-46-45-82-66)69-48-60(84(58-36-29-54(30-37-58)77(5,6)7)67-27-21-20-25-63(67)53-23-18-17-19-24-53)40-43-65(69)81(73)76-75(64-47-57(80(14,15)16)35-44-72(64)87-76)85(70)59-38-31-55(32-39-59)78(8,9)10/h17-52H,1-16H3. The van der Waals surface area contributed by atoms with Crippen LogP contribution in [0.4, 0.5) is 51.2 Å². The SMILES string of the molecule is CC(C)[Si](c1ccc(C(C)(C)C)cc1)(c1cc2c3c(c1)N(c1cccc4nccnc14)c1cc(N(c4ccc(C(C)(C)C)cc4)c4ccccc4-c4ccccc4)ccc1B3c1sc3ccc(C(C)(C)C)cc3c1N2c1ccc(C(C)(C)C)cc1)C(C)C. The van der Waals surface area contributed by atoms with Crippen LogP contribution in [-0.2, 0) is 21.7 Å². The molecule has 0 atom stereocenters. The summed E-state index contributed by atoms with van der Waals surface area (Å²) in [5.74, 6) is 0. The minimum absolute atomic E-state index is 0.0171. The zero-order valence-corrected chi connectivity index (χ0v) is 56.3. The van der Waals surface area contributed by atoms with Crippen LogP contribution < -0.4 is 40.8 Å². The van der Waals surface area contributed by atoms with Crippen molar-refractivity contribution in [3.63, 3.8) is 0 Å². The van der Waals surface area contributed by atoms with Crippen molar-refractivity contribution < 1.29 is 0 Å². The number of hydrogen-bond acceptors (Lipinski definition) is 6. The average molecular weight is 1190 g/mol. The molecule has 88 heavy (non-hydrogen) atoms. The monoisotopic (exact) mass is 1190 g/mol. The van der Waals surface area contributed by atoms with Crippen molar-refractivity contribution in [3.8, 4) is 11.1 Å². The van der Waals surface area contributed by atoms with Crippen molar-refractivity contribution in [2.45, 2.75) is 144 Å². The fourth-order valence-corrected chi connectivity index (χ4v) is 21.7. The van der Waals surface area contributed by atoms with Crippen LogP contribution in [0.15, 0.2) is 207 Å². The number of hydrogen-bond donors (Lipinski definition) is 0. The molecule has 0 spiro atoms. The zero-order chi connectivity index (χ0) is 62.0. The van der Waals surface area contributed by atoms with Gasteiger partial charge in [0, 0.05) is 66.9 Å². The number of benzene rings is 9. The first-order valence-electron chi connectivity index (χ1n) is 31.8. The molecule has 0 bridgehead atoms. The normalized spacial score (nSPS) is 13.6. The van der Waals surface area contributed by atoms with Gasteiger partial charge >= 0.3 is 0 Å². The van der Waals surface area contributed by atoms with E-state index >= 15 is 0 Å². The zero-order valence-electron chi connectivity index (χ0n) is 54.5. The van der Waals surface area contributed by atoms with E-state index in [4.69, 9.17) is 9.97 Å². The molecule has 4 heterocycles. The third kappa shape index (κ3) is 9.90. The highest BCUT2D eigenvalue weighted by Crippen LogP contribution is 2.52. The van der Waals surface area contributed by atoms with Gasteiger partial charge in [-0.3, -0.25) is 9.97 Å². The number of nitrogens with zero attached hydrogens (tertiary/aromatic N) is 5. The molecule has 0 fully saturated rings. The molecule has 8 heteroatoms. The third-order valence-corrected chi connectivity index (χ3v) is 26.6. The van der Waals surface area contributed by atoms with Gasteiger partial charge in [0.2, 0.25) is 0 Å². The lowest BCUT2D eigenvalue weighted by Gasteiger charge is -2.46. The van der Waals surface area contributed by atoms with Crippen LogP contribution in [0.3, 0.4) is 0 Å².